The number of hydrogen-bond acceptors (Lipinski definition) is 7. The number of aromatic hydroxyl groups is 1. The molecule has 4 rings (SSSR count). The van der Waals surface area contributed by atoms with Crippen LogP contribution in [-0.4, -0.2) is 43.1 Å². The zero-order valence-corrected chi connectivity index (χ0v) is 18.1. The first-order valence-electron chi connectivity index (χ1n) is 9.28. The Morgan fingerprint density at radius 3 is 2.21 bits per heavy atom. The van der Waals surface area contributed by atoms with Crippen LogP contribution in [0.25, 0.3) is 0 Å². The molecule has 0 radical (unpaired) electrons. The van der Waals surface area contributed by atoms with Gasteiger partial charge >= 0.3 is 5.97 Å². The number of benzene rings is 3. The number of hydrogen-bond donors (Lipinski definition) is 2. The average Bonchev–Trinajstić information content (AvgIpc) is 2.78. The molecule has 1 aliphatic carbocycles. The Hall–Kier alpha value is -3.73. The molecule has 0 spiro atoms. The molecule has 0 saturated carbocycles. The van der Waals surface area contributed by atoms with Crippen LogP contribution in [0.1, 0.15) is 31.8 Å². The van der Waals surface area contributed by atoms with E-state index in [9.17, 15) is 28.3 Å². The lowest BCUT2D eigenvalue weighted by molar-refractivity contribution is -0.139. The van der Waals surface area contributed by atoms with Gasteiger partial charge in [0.1, 0.15) is 5.69 Å². The molecule has 1 aliphatic rings. The molecule has 0 amide bonds. The van der Waals surface area contributed by atoms with Crippen molar-refractivity contribution >= 4 is 51.8 Å². The third kappa shape index (κ3) is 3.95. The van der Waals surface area contributed by atoms with E-state index in [1.807, 2.05) is 0 Å². The largest absolute Gasteiger partial charge is 0.755 e. The number of carbonyl (C=O) groups excluding carboxylic acids is 2. The first kappa shape index (κ1) is 22.5. The molecule has 33 heavy (non-hydrogen) atoms. The number of rotatable bonds is 6. The number of ketones is 2. The maximum absolute atomic E-state index is 13.1. The zero-order valence-electron chi connectivity index (χ0n) is 16.5. The molecule has 1 atom stereocenters. The number of nitrogens with zero attached hydrogens (tertiary/aromatic N) is 1. The summed E-state index contributed by atoms with van der Waals surface area (Å²) in [5, 5.41) is 20.3. The first-order chi connectivity index (χ1) is 15.7. The molecule has 3 aromatic rings. The van der Waals surface area contributed by atoms with Crippen LogP contribution in [0, 0.1) is 0 Å². The highest BCUT2D eigenvalue weighted by Crippen LogP contribution is 2.47. The van der Waals surface area contributed by atoms with E-state index in [-0.39, 0.29) is 28.1 Å². The molecule has 9 nitrogen and oxygen atoms in total. The van der Waals surface area contributed by atoms with Crippen LogP contribution in [0.4, 0.5) is 11.4 Å². The van der Waals surface area contributed by atoms with Crippen molar-refractivity contribution in [3.8, 4) is 11.5 Å². The maximum Gasteiger partial charge on any atom is 0.341 e. The van der Waals surface area contributed by atoms with Crippen molar-refractivity contribution in [2.75, 3.05) is 10.9 Å². The molecule has 0 aliphatic heterocycles. The summed E-state index contributed by atoms with van der Waals surface area (Å²) in [6.07, 6.45) is 0. The predicted octanol–water partition coefficient (Wildman–Crippen LogP) is 3.22. The lowest BCUT2D eigenvalue weighted by Gasteiger charge is -2.30. The molecule has 0 aromatic heterocycles. The Kier molecular flexibility index (Phi) is 5.90. The number of ether oxygens (including phenoxy) is 1. The van der Waals surface area contributed by atoms with E-state index in [0.29, 0.717) is 9.33 Å². The summed E-state index contributed by atoms with van der Waals surface area (Å²) in [7, 11) is 0. The topological polar surface area (TPSA) is 144 Å². The summed E-state index contributed by atoms with van der Waals surface area (Å²) in [5.74, 6) is -4.15. The zero-order chi connectivity index (χ0) is 23.9. The van der Waals surface area contributed by atoms with Crippen LogP contribution >= 0.6 is 11.6 Å². The number of carbonyl (C=O) groups is 3. The Morgan fingerprint density at radius 1 is 1.03 bits per heavy atom. The number of carboxylic acids is 1. The number of halogens is 1. The lowest BCUT2D eigenvalue weighted by Crippen LogP contribution is -2.25. The number of fused-ring (bicyclic) bond motifs is 2. The summed E-state index contributed by atoms with van der Waals surface area (Å²) in [6, 6.07) is 12.6. The molecule has 0 bridgehead atoms. The second-order valence-electron chi connectivity index (χ2n) is 6.87. The minimum Gasteiger partial charge on any atom is -0.755 e. The highest BCUT2D eigenvalue weighted by molar-refractivity contribution is 7.81. The van der Waals surface area contributed by atoms with Crippen LogP contribution in [-0.2, 0) is 16.1 Å². The molecule has 11 heteroatoms. The van der Waals surface area contributed by atoms with Crippen LogP contribution < -0.4 is 9.04 Å². The van der Waals surface area contributed by atoms with Crippen LogP contribution in [0.2, 0.25) is 5.02 Å². The van der Waals surface area contributed by atoms with Gasteiger partial charge in [0.05, 0.1) is 22.5 Å². The van der Waals surface area contributed by atoms with Crippen molar-refractivity contribution in [2.45, 2.75) is 0 Å². The van der Waals surface area contributed by atoms with E-state index in [1.54, 1.807) is 12.1 Å². The number of aliphatic carboxylic acids is 1. The first-order valence-corrected chi connectivity index (χ1v) is 10.7. The van der Waals surface area contributed by atoms with Crippen LogP contribution in [0.3, 0.4) is 0 Å². The van der Waals surface area contributed by atoms with Gasteiger partial charge in [-0.05, 0) is 30.3 Å². The monoisotopic (exact) mass is 486 g/mol. The molecular weight excluding hydrogens is 474 g/mol. The normalized spacial score (nSPS) is 13.2. The van der Waals surface area contributed by atoms with Crippen molar-refractivity contribution in [3.63, 3.8) is 0 Å². The maximum atomic E-state index is 13.1. The molecule has 168 valence electrons. The summed E-state index contributed by atoms with van der Waals surface area (Å²) in [5.41, 5.74) is -0.829. The summed E-state index contributed by atoms with van der Waals surface area (Å²) in [6.45, 7) is -0.946. The van der Waals surface area contributed by atoms with E-state index >= 15 is 0 Å². The third-order valence-electron chi connectivity index (χ3n) is 4.89. The van der Waals surface area contributed by atoms with Crippen molar-refractivity contribution in [2.24, 2.45) is 0 Å². The SMILES string of the molecule is O=C(O)COc1c(N(c2ccc(Cl)cc2)S(=O)[O-])cc2c(c1O)C(=O)c1ccccc1C2=O. The fourth-order valence-electron chi connectivity index (χ4n) is 3.51. The highest BCUT2D eigenvalue weighted by Gasteiger charge is 2.36. The van der Waals surface area contributed by atoms with Gasteiger partial charge < -0.3 is 19.5 Å². The van der Waals surface area contributed by atoms with Gasteiger partial charge in [-0.15, -0.1) is 0 Å². The fourth-order valence-corrected chi connectivity index (χ4v) is 4.23. The smallest absolute Gasteiger partial charge is 0.341 e. The van der Waals surface area contributed by atoms with Crippen molar-refractivity contribution in [1.82, 2.24) is 0 Å². The van der Waals surface area contributed by atoms with E-state index in [2.05, 4.69) is 0 Å². The highest BCUT2D eigenvalue weighted by atomic mass is 35.5. The molecule has 0 saturated heterocycles. The standard InChI is InChI=1S/C22H14ClNO8S/c23-11-5-7-12(8-6-11)24(33(30)31)16-9-15-18(21(29)22(16)32-10-17(25)26)20(28)14-4-2-1-3-13(14)19(15)27/h1-9,29H,10H2,(H,25,26)(H,30,31)/p-1. The Labute approximate surface area is 194 Å². The Morgan fingerprint density at radius 2 is 1.64 bits per heavy atom. The quantitative estimate of drug-likeness (QED) is 0.395. The van der Waals surface area contributed by atoms with Gasteiger partial charge in [0.15, 0.2) is 29.7 Å². The molecule has 2 N–H and O–H groups in total. The molecule has 3 aromatic carbocycles. The van der Waals surface area contributed by atoms with E-state index in [4.69, 9.17) is 21.4 Å². The van der Waals surface area contributed by atoms with Gasteiger partial charge in [-0.2, -0.15) is 0 Å². The number of phenolic OH excluding ortho intramolecular Hbond substituents is 1. The third-order valence-corrected chi connectivity index (χ3v) is 5.85. The van der Waals surface area contributed by atoms with Crippen LogP contribution in [0.5, 0.6) is 11.5 Å². The van der Waals surface area contributed by atoms with Gasteiger partial charge in [-0.3, -0.25) is 18.1 Å². The Balaban J connectivity index is 2.00. The van der Waals surface area contributed by atoms with Crippen molar-refractivity contribution < 1.29 is 38.1 Å². The van der Waals surface area contributed by atoms with E-state index in [1.165, 1.54) is 36.4 Å². The minimum atomic E-state index is -3.01. The van der Waals surface area contributed by atoms with Gasteiger partial charge in [-0.1, -0.05) is 35.9 Å². The van der Waals surface area contributed by atoms with E-state index < -0.39 is 52.5 Å². The summed E-state index contributed by atoms with van der Waals surface area (Å²) < 4.78 is 30.2. The van der Waals surface area contributed by atoms with Crippen LogP contribution in [0.15, 0.2) is 54.6 Å². The van der Waals surface area contributed by atoms with Gasteiger partial charge in [0.2, 0.25) is 0 Å². The van der Waals surface area contributed by atoms with E-state index in [0.717, 1.165) is 6.07 Å². The molecule has 0 fully saturated rings. The second-order valence-corrected chi connectivity index (χ2v) is 8.11. The fraction of sp³-hybridized carbons (Fsp3) is 0.0455. The predicted molar refractivity (Wildman–Crippen MR) is 117 cm³/mol. The van der Waals surface area contributed by atoms with Gasteiger partial charge in [-0.25, -0.2) is 4.79 Å². The van der Waals surface area contributed by atoms with Gasteiger partial charge in [0, 0.05) is 21.7 Å². The number of anilines is 2. The number of carboxylic acid groups (broad SMARTS) is 1. The summed E-state index contributed by atoms with van der Waals surface area (Å²) >= 11 is 2.87. The molecular formula is C22H13ClNO8S-. The second kappa shape index (κ2) is 8.66. The number of phenols is 1. The van der Waals surface area contributed by atoms with Crippen molar-refractivity contribution in [1.29, 1.82) is 0 Å². The average molecular weight is 487 g/mol. The minimum absolute atomic E-state index is 0.0455. The van der Waals surface area contributed by atoms with Gasteiger partial charge in [0.25, 0.3) is 0 Å². The van der Waals surface area contributed by atoms with Crippen molar-refractivity contribution in [3.05, 3.63) is 81.9 Å². The molecule has 1 unspecified atom stereocenters. The molecule has 0 heterocycles. The lowest BCUT2D eigenvalue weighted by atomic mass is 9.83. The summed E-state index contributed by atoms with van der Waals surface area (Å²) in [4.78, 5) is 37.3. The Bertz CT molecular complexity index is 1340.